The number of hydrogen-bond acceptors (Lipinski definition) is 4. The number of aryl methyl sites for hydroxylation is 2. The van der Waals surface area contributed by atoms with Gasteiger partial charge in [-0.25, -0.2) is 9.97 Å². The molecule has 1 aromatic carbocycles. The molecule has 1 saturated heterocycles. The van der Waals surface area contributed by atoms with Gasteiger partial charge in [-0.3, -0.25) is 4.79 Å². The van der Waals surface area contributed by atoms with Gasteiger partial charge in [0.1, 0.15) is 0 Å². The minimum Gasteiger partial charge on any atom is -0.396 e. The van der Waals surface area contributed by atoms with Crippen LogP contribution in [0.2, 0.25) is 0 Å². The number of aliphatic hydroxyl groups excluding tert-OH is 1. The van der Waals surface area contributed by atoms with Gasteiger partial charge in [0.2, 0.25) is 5.91 Å². The van der Waals surface area contributed by atoms with E-state index in [0.29, 0.717) is 13.0 Å². The Morgan fingerprint density at radius 1 is 1.25 bits per heavy atom. The third kappa shape index (κ3) is 2.14. The predicted octanol–water partition coefficient (Wildman–Crippen LogP) is 1.59. The van der Waals surface area contributed by atoms with Gasteiger partial charge in [0, 0.05) is 31.2 Å². The molecular weight excluding hydrogens is 254 g/mol. The van der Waals surface area contributed by atoms with Gasteiger partial charge in [-0.15, -0.1) is 0 Å². The molecule has 1 aliphatic rings. The zero-order valence-electron chi connectivity index (χ0n) is 11.6. The Bertz CT molecular complexity index is 684. The topological polar surface area (TPSA) is 66.3 Å². The summed E-state index contributed by atoms with van der Waals surface area (Å²) >= 11 is 0. The first-order valence-corrected chi connectivity index (χ1v) is 6.74. The monoisotopic (exact) mass is 271 g/mol. The average Bonchev–Trinajstić information content (AvgIpc) is 2.81. The van der Waals surface area contributed by atoms with Crippen molar-refractivity contribution in [1.82, 2.24) is 9.97 Å². The SMILES string of the molecule is Cc1nc2ccc(N3CC(CO)CC3=O)cc2nc1C. The summed E-state index contributed by atoms with van der Waals surface area (Å²) in [5.74, 6) is 0.0872. The molecule has 1 atom stereocenters. The van der Waals surface area contributed by atoms with Crippen molar-refractivity contribution in [3.05, 3.63) is 29.6 Å². The van der Waals surface area contributed by atoms with E-state index in [1.54, 1.807) is 4.90 Å². The largest absolute Gasteiger partial charge is 0.396 e. The van der Waals surface area contributed by atoms with E-state index in [9.17, 15) is 9.90 Å². The quantitative estimate of drug-likeness (QED) is 0.900. The van der Waals surface area contributed by atoms with Crippen LogP contribution in [0.1, 0.15) is 17.8 Å². The number of aliphatic hydroxyl groups is 1. The maximum Gasteiger partial charge on any atom is 0.227 e. The molecule has 1 amide bonds. The first-order valence-electron chi connectivity index (χ1n) is 6.74. The molecule has 104 valence electrons. The number of carbonyl (C=O) groups is 1. The standard InChI is InChI=1S/C15H17N3O2/c1-9-10(2)17-14-6-12(3-4-13(14)16-9)18-7-11(8-19)5-15(18)20/h3-4,6,11,19H,5,7-8H2,1-2H3. The average molecular weight is 271 g/mol. The highest BCUT2D eigenvalue weighted by atomic mass is 16.3. The van der Waals surface area contributed by atoms with Gasteiger partial charge in [0.05, 0.1) is 22.4 Å². The van der Waals surface area contributed by atoms with Gasteiger partial charge in [-0.2, -0.15) is 0 Å². The Labute approximate surface area is 117 Å². The van der Waals surface area contributed by atoms with Crippen molar-refractivity contribution in [3.63, 3.8) is 0 Å². The second-order valence-corrected chi connectivity index (χ2v) is 5.32. The van der Waals surface area contributed by atoms with Crippen molar-refractivity contribution in [2.75, 3.05) is 18.1 Å². The van der Waals surface area contributed by atoms with E-state index in [4.69, 9.17) is 0 Å². The zero-order valence-corrected chi connectivity index (χ0v) is 11.6. The fourth-order valence-corrected chi connectivity index (χ4v) is 2.54. The number of anilines is 1. The minimum absolute atomic E-state index is 0.0315. The normalized spacial score (nSPS) is 19.1. The van der Waals surface area contributed by atoms with Crippen LogP contribution in [0.4, 0.5) is 5.69 Å². The van der Waals surface area contributed by atoms with E-state index in [-0.39, 0.29) is 18.4 Å². The highest BCUT2D eigenvalue weighted by Crippen LogP contribution is 2.27. The summed E-state index contributed by atoms with van der Waals surface area (Å²) in [5.41, 5.74) is 4.28. The molecule has 2 heterocycles. The Hall–Kier alpha value is -2.01. The molecule has 2 aromatic rings. The van der Waals surface area contributed by atoms with Gasteiger partial charge in [0.15, 0.2) is 0 Å². The molecule has 0 aliphatic carbocycles. The molecule has 1 unspecified atom stereocenters. The van der Waals surface area contributed by atoms with Gasteiger partial charge >= 0.3 is 0 Å². The van der Waals surface area contributed by atoms with E-state index in [0.717, 1.165) is 28.1 Å². The lowest BCUT2D eigenvalue weighted by Gasteiger charge is -2.17. The summed E-state index contributed by atoms with van der Waals surface area (Å²) in [4.78, 5) is 22.7. The highest BCUT2D eigenvalue weighted by Gasteiger charge is 2.30. The molecule has 0 bridgehead atoms. The van der Waals surface area contributed by atoms with Crippen LogP contribution in [0, 0.1) is 19.8 Å². The van der Waals surface area contributed by atoms with Crippen molar-refractivity contribution >= 4 is 22.6 Å². The minimum atomic E-state index is 0.0315. The molecular formula is C15H17N3O2. The second kappa shape index (κ2) is 4.83. The molecule has 5 heteroatoms. The lowest BCUT2D eigenvalue weighted by atomic mass is 10.1. The number of nitrogens with zero attached hydrogens (tertiary/aromatic N) is 3. The van der Waals surface area contributed by atoms with E-state index in [1.165, 1.54) is 0 Å². The van der Waals surface area contributed by atoms with Crippen molar-refractivity contribution < 1.29 is 9.90 Å². The second-order valence-electron chi connectivity index (χ2n) is 5.32. The summed E-state index contributed by atoms with van der Waals surface area (Å²) in [6, 6.07) is 5.68. The van der Waals surface area contributed by atoms with Crippen molar-refractivity contribution in [2.45, 2.75) is 20.3 Å². The third-order valence-corrected chi connectivity index (χ3v) is 3.83. The summed E-state index contributed by atoms with van der Waals surface area (Å²) in [5, 5.41) is 9.19. The summed E-state index contributed by atoms with van der Waals surface area (Å²) < 4.78 is 0. The fraction of sp³-hybridized carbons (Fsp3) is 0.400. The van der Waals surface area contributed by atoms with Gasteiger partial charge in [-0.05, 0) is 32.0 Å². The Morgan fingerprint density at radius 3 is 2.60 bits per heavy atom. The smallest absolute Gasteiger partial charge is 0.227 e. The molecule has 1 aromatic heterocycles. The molecule has 3 rings (SSSR count). The fourth-order valence-electron chi connectivity index (χ4n) is 2.54. The molecule has 1 N–H and O–H groups in total. The number of aromatic nitrogens is 2. The first kappa shape index (κ1) is 13.0. The summed E-state index contributed by atoms with van der Waals surface area (Å²) in [6.07, 6.45) is 0.410. The molecule has 1 fully saturated rings. The van der Waals surface area contributed by atoms with Gasteiger partial charge in [-0.1, -0.05) is 0 Å². The van der Waals surface area contributed by atoms with Crippen LogP contribution in [0.15, 0.2) is 18.2 Å². The maximum absolute atomic E-state index is 12.0. The van der Waals surface area contributed by atoms with E-state index in [2.05, 4.69) is 9.97 Å². The Kier molecular flexibility index (Phi) is 3.14. The predicted molar refractivity (Wildman–Crippen MR) is 76.6 cm³/mol. The Balaban J connectivity index is 2.01. The van der Waals surface area contributed by atoms with E-state index < -0.39 is 0 Å². The van der Waals surface area contributed by atoms with Crippen molar-refractivity contribution in [1.29, 1.82) is 0 Å². The van der Waals surface area contributed by atoms with Crippen molar-refractivity contribution in [2.24, 2.45) is 5.92 Å². The van der Waals surface area contributed by atoms with Crippen molar-refractivity contribution in [3.8, 4) is 0 Å². The van der Waals surface area contributed by atoms with E-state index in [1.807, 2.05) is 32.0 Å². The molecule has 0 spiro atoms. The molecule has 0 saturated carbocycles. The van der Waals surface area contributed by atoms with Gasteiger partial charge in [0.25, 0.3) is 0 Å². The maximum atomic E-state index is 12.0. The highest BCUT2D eigenvalue weighted by molar-refractivity contribution is 5.97. The number of carbonyl (C=O) groups excluding carboxylic acids is 1. The number of hydrogen-bond donors (Lipinski definition) is 1. The van der Waals surface area contributed by atoms with Crippen LogP contribution >= 0.6 is 0 Å². The molecule has 20 heavy (non-hydrogen) atoms. The number of amides is 1. The molecule has 1 aliphatic heterocycles. The number of benzene rings is 1. The molecule has 0 radical (unpaired) electrons. The van der Waals surface area contributed by atoms with Crippen LogP contribution in [0.25, 0.3) is 11.0 Å². The summed E-state index contributed by atoms with van der Waals surface area (Å²) in [6.45, 7) is 4.48. The van der Waals surface area contributed by atoms with Crippen LogP contribution in [0.5, 0.6) is 0 Å². The van der Waals surface area contributed by atoms with Gasteiger partial charge < -0.3 is 10.0 Å². The lowest BCUT2D eigenvalue weighted by molar-refractivity contribution is -0.117. The van der Waals surface area contributed by atoms with E-state index >= 15 is 0 Å². The Morgan fingerprint density at radius 2 is 1.95 bits per heavy atom. The van der Waals surface area contributed by atoms with Crippen LogP contribution in [-0.2, 0) is 4.79 Å². The summed E-state index contributed by atoms with van der Waals surface area (Å²) in [7, 11) is 0. The van der Waals surface area contributed by atoms with Crippen LogP contribution < -0.4 is 4.90 Å². The van der Waals surface area contributed by atoms with Crippen LogP contribution in [-0.4, -0.2) is 34.1 Å². The number of fused-ring (bicyclic) bond motifs is 1. The third-order valence-electron chi connectivity index (χ3n) is 3.83. The van der Waals surface area contributed by atoms with Crippen LogP contribution in [0.3, 0.4) is 0 Å². The lowest BCUT2D eigenvalue weighted by Crippen LogP contribution is -2.24. The molecule has 5 nitrogen and oxygen atoms in total. The first-order chi connectivity index (χ1) is 9.58. The number of rotatable bonds is 2. The zero-order chi connectivity index (χ0) is 14.3.